The number of carboxylic acid groups (broad SMARTS) is 3. The third-order valence-electron chi connectivity index (χ3n) is 4.85. The first kappa shape index (κ1) is 31.9. The number of aliphatic carboxylic acids is 3. The third kappa shape index (κ3) is 12.5. The number of carbonyl (C=O) groups is 3. The third-order valence-corrected chi connectivity index (χ3v) is 4.85. The molecule has 0 fully saturated rings. The summed E-state index contributed by atoms with van der Waals surface area (Å²) in [5.41, 5.74) is 7.59. The van der Waals surface area contributed by atoms with Gasteiger partial charge in [0.15, 0.2) is 0 Å². The first-order valence-corrected chi connectivity index (χ1v) is 10.3. The average molecular weight is 479 g/mol. The molecule has 0 unspecified atom stereocenters. The quantitative estimate of drug-likeness (QED) is 0.265. The van der Waals surface area contributed by atoms with Crippen LogP contribution in [0.1, 0.15) is 72.1 Å². The van der Waals surface area contributed by atoms with Gasteiger partial charge in [0, 0.05) is 38.4 Å². The second-order valence-electron chi connectivity index (χ2n) is 7.82. The van der Waals surface area contributed by atoms with E-state index >= 15 is 0 Å². The summed E-state index contributed by atoms with van der Waals surface area (Å²) < 4.78 is 0. The number of hydrogen-bond donors (Lipinski definition) is 3. The molecule has 6 nitrogen and oxygen atoms in total. The van der Waals surface area contributed by atoms with Crippen LogP contribution in [0.25, 0.3) is 0 Å². The Morgan fingerprint density at radius 2 is 1.09 bits per heavy atom. The summed E-state index contributed by atoms with van der Waals surface area (Å²) in [5, 5.41) is 23.7. The van der Waals surface area contributed by atoms with Gasteiger partial charge in [0.25, 0.3) is 0 Å². The normalized spacial score (nSPS) is 15.2. The molecule has 0 aromatic rings. The molecule has 0 aromatic heterocycles. The van der Waals surface area contributed by atoms with E-state index in [1.807, 2.05) is 0 Å². The fraction of sp³-hybridized carbons (Fsp3) is 0.440. The molecule has 0 amide bonds. The predicted octanol–water partition coefficient (Wildman–Crippen LogP) is 5.88. The Bertz CT molecular complexity index is 678. The molecule has 0 saturated carbocycles. The molecule has 32 heavy (non-hydrogen) atoms. The molecule has 3 aliphatic carbocycles. The van der Waals surface area contributed by atoms with Gasteiger partial charge in [0.2, 0.25) is 0 Å². The van der Waals surface area contributed by atoms with Crippen molar-refractivity contribution in [3.63, 3.8) is 0 Å². The number of carboxylic acids is 3. The summed E-state index contributed by atoms with van der Waals surface area (Å²) in [5.74, 6) is -2.81. The summed E-state index contributed by atoms with van der Waals surface area (Å²) in [7, 11) is 0. The van der Waals surface area contributed by atoms with E-state index in [0.29, 0.717) is 0 Å². The maximum Gasteiger partial charge on any atom is 0.330 e. The topological polar surface area (TPSA) is 112 Å². The zero-order valence-corrected chi connectivity index (χ0v) is 21.0. The summed E-state index contributed by atoms with van der Waals surface area (Å²) in [6.45, 7) is 13.8. The van der Waals surface area contributed by atoms with Crippen LogP contribution in [0.15, 0.2) is 58.7 Å². The number of rotatable bonds is 3. The number of hydrogen-bond acceptors (Lipinski definition) is 3. The smallest absolute Gasteiger partial charge is 0.330 e. The average Bonchev–Trinajstić information content (AvgIpc) is 3.08. The van der Waals surface area contributed by atoms with Crippen LogP contribution in [0.4, 0.5) is 0 Å². The molecule has 0 radical (unpaired) electrons. The van der Waals surface area contributed by atoms with E-state index < -0.39 is 17.9 Å². The molecule has 176 valence electrons. The molecule has 0 bridgehead atoms. The van der Waals surface area contributed by atoms with Gasteiger partial charge in [0.1, 0.15) is 0 Å². The van der Waals surface area contributed by atoms with Crippen LogP contribution in [0.3, 0.4) is 0 Å². The van der Waals surface area contributed by atoms with Crippen LogP contribution in [0.2, 0.25) is 0 Å². The van der Waals surface area contributed by atoms with Crippen molar-refractivity contribution in [3.8, 4) is 0 Å². The molecule has 0 heterocycles. The van der Waals surface area contributed by atoms with Gasteiger partial charge >= 0.3 is 17.9 Å². The van der Waals surface area contributed by atoms with Crippen molar-refractivity contribution in [2.45, 2.75) is 72.1 Å². The maximum absolute atomic E-state index is 9.60. The Morgan fingerprint density at radius 1 is 0.719 bits per heavy atom. The van der Waals surface area contributed by atoms with Gasteiger partial charge in [-0.15, -0.1) is 12.0 Å². The van der Waals surface area contributed by atoms with E-state index in [4.69, 9.17) is 15.3 Å². The Hall–Kier alpha value is -2.31. The molecular weight excluding hydrogens is 444 g/mol. The summed E-state index contributed by atoms with van der Waals surface area (Å²) in [6, 6.07) is 0. The van der Waals surface area contributed by atoms with Crippen molar-refractivity contribution in [1.82, 2.24) is 0 Å². The summed E-state index contributed by atoms with van der Waals surface area (Å²) in [4.78, 5) is 28.8. The molecule has 3 rings (SSSR count). The van der Waals surface area contributed by atoms with Gasteiger partial charge in [-0.2, -0.15) is 5.57 Å². The van der Waals surface area contributed by atoms with Crippen LogP contribution >= 0.6 is 0 Å². The minimum Gasteiger partial charge on any atom is -0.478 e. The van der Waals surface area contributed by atoms with Gasteiger partial charge in [-0.3, -0.25) is 0 Å². The van der Waals surface area contributed by atoms with E-state index in [0.717, 1.165) is 0 Å². The fourth-order valence-corrected chi connectivity index (χ4v) is 3.12. The molecule has 3 aliphatic rings. The predicted molar refractivity (Wildman–Crippen MR) is 123 cm³/mol. The first-order valence-electron chi connectivity index (χ1n) is 10.3. The van der Waals surface area contributed by atoms with Crippen LogP contribution in [0, 0.1) is 6.42 Å². The van der Waals surface area contributed by atoms with E-state index in [-0.39, 0.29) is 38.4 Å². The Labute approximate surface area is 206 Å². The van der Waals surface area contributed by atoms with Crippen molar-refractivity contribution in [1.29, 1.82) is 0 Å². The second kappa shape index (κ2) is 16.3. The summed E-state index contributed by atoms with van der Waals surface area (Å²) >= 11 is 0. The fourth-order valence-electron chi connectivity index (χ4n) is 3.12. The Kier molecular flexibility index (Phi) is 16.3. The van der Waals surface area contributed by atoms with E-state index in [2.05, 4.69) is 26.2 Å². The molecule has 7 heteroatoms. The molecule has 3 N–H and O–H groups in total. The van der Waals surface area contributed by atoms with Crippen LogP contribution in [-0.2, 0) is 36.1 Å². The Morgan fingerprint density at radius 3 is 1.50 bits per heavy atom. The monoisotopic (exact) mass is 479 g/mol. The summed E-state index contributed by atoms with van der Waals surface area (Å²) in [6.07, 6.45) is 13.6. The van der Waals surface area contributed by atoms with E-state index in [1.165, 1.54) is 72.1 Å². The van der Waals surface area contributed by atoms with Crippen molar-refractivity contribution in [2.24, 2.45) is 0 Å². The zero-order valence-electron chi connectivity index (χ0n) is 19.4. The molecule has 0 aliphatic heterocycles. The van der Waals surface area contributed by atoms with Gasteiger partial charge in [0.05, 0.1) is 0 Å². The number of fused-ring (bicyclic) bond motifs is 1. The standard InChI is InChI=1S/C13H17.3C4H6O2.Ti/c1-3-7-12-10(5-1)9-11-6-2-4-8-13(11)12;3*1-3(2)4(5)6;/h5H,1-4,6-9H2;3*1H2,2H3,(H,5,6);/q-1;;;;. The molecule has 0 atom stereocenters. The van der Waals surface area contributed by atoms with Crippen LogP contribution in [0.5, 0.6) is 0 Å². The van der Waals surface area contributed by atoms with Crippen LogP contribution in [-0.4, -0.2) is 33.2 Å². The van der Waals surface area contributed by atoms with E-state index in [1.54, 1.807) is 22.3 Å². The molecule has 0 aromatic carbocycles. The largest absolute Gasteiger partial charge is 0.478 e. The minimum absolute atomic E-state index is 0. The Balaban J connectivity index is 0. The van der Waals surface area contributed by atoms with Crippen molar-refractivity contribution in [3.05, 3.63) is 65.2 Å². The zero-order chi connectivity index (χ0) is 24.1. The maximum atomic E-state index is 9.60. The van der Waals surface area contributed by atoms with Gasteiger partial charge < -0.3 is 15.3 Å². The SMILES string of the molecule is C=C(C)C(=O)O.C=C(C)C(=O)O.C=C(C)C(=O)O.[CH-]1CCCC2=C1CC1=C2CCCC1.[Ti]. The first-order chi connectivity index (χ1) is 14.4. The van der Waals surface area contributed by atoms with Gasteiger partial charge in [-0.1, -0.05) is 44.6 Å². The minimum atomic E-state index is -0.935. The van der Waals surface area contributed by atoms with Gasteiger partial charge in [-0.05, 0) is 46.5 Å². The van der Waals surface area contributed by atoms with E-state index in [9.17, 15) is 14.4 Å². The second-order valence-corrected chi connectivity index (χ2v) is 7.82. The van der Waals surface area contributed by atoms with Crippen molar-refractivity contribution >= 4 is 17.9 Å². The number of allylic oxidation sites excluding steroid dienone is 4. The molecule has 0 saturated heterocycles. The van der Waals surface area contributed by atoms with Crippen molar-refractivity contribution in [2.75, 3.05) is 0 Å². The van der Waals surface area contributed by atoms with Crippen molar-refractivity contribution < 1.29 is 51.4 Å². The van der Waals surface area contributed by atoms with Crippen LogP contribution < -0.4 is 0 Å². The van der Waals surface area contributed by atoms with Gasteiger partial charge in [-0.25, -0.2) is 26.4 Å². The molecular formula is C25H35O6Ti-. The molecule has 0 spiro atoms.